The van der Waals surface area contributed by atoms with Gasteiger partial charge in [-0.1, -0.05) is 0 Å². The first-order chi connectivity index (χ1) is 3.93. The maximum atomic E-state index is 4.13. The van der Waals surface area contributed by atoms with Crippen LogP contribution in [0.4, 0.5) is 0 Å². The molecular weight excluding hydrogens is 109 g/mol. The van der Waals surface area contributed by atoms with Crippen molar-refractivity contribution >= 4 is 27.9 Å². The molecule has 2 heteroatoms. The molecule has 1 heterocycles. The zero-order valence-corrected chi connectivity index (χ0v) is 6.96. The van der Waals surface area contributed by atoms with Gasteiger partial charge in [0, 0.05) is 0 Å². The summed E-state index contributed by atoms with van der Waals surface area (Å²) in [5.41, 5.74) is 1.22. The number of pyridine rings is 1. The van der Waals surface area contributed by atoms with Crippen molar-refractivity contribution in [2.24, 2.45) is 0 Å². The fraction of sp³-hybridized carbons (Fsp3) is 0.167. The first kappa shape index (κ1) is 6.27. The van der Waals surface area contributed by atoms with Gasteiger partial charge in [0.05, 0.1) is 0 Å². The van der Waals surface area contributed by atoms with Gasteiger partial charge in [-0.2, -0.15) is 0 Å². The average molecular weight is 115 g/mol. The quantitative estimate of drug-likeness (QED) is 0.492. The van der Waals surface area contributed by atoms with Gasteiger partial charge in [0.2, 0.25) is 0 Å². The van der Waals surface area contributed by atoms with Crippen LogP contribution in [0.5, 0.6) is 0 Å². The van der Waals surface area contributed by atoms with E-state index in [2.05, 4.69) is 11.1 Å². The average Bonchev–Trinajstić information content (AvgIpc) is 1.90. The van der Waals surface area contributed by atoms with Gasteiger partial charge in [0.25, 0.3) is 0 Å². The van der Waals surface area contributed by atoms with Crippen LogP contribution in [0.2, 0.25) is 0 Å². The van der Waals surface area contributed by atoms with Gasteiger partial charge < -0.3 is 0 Å². The van der Waals surface area contributed by atoms with Crippen molar-refractivity contribution < 1.29 is 0 Å². The van der Waals surface area contributed by atoms with Crippen molar-refractivity contribution in [3.05, 3.63) is 30.1 Å². The molecule has 0 atom stereocenters. The molecule has 0 spiro atoms. The SMILES string of the molecule is [Na][CH2]c1ccccn1. The second-order valence-corrected chi connectivity index (χ2v) is 2.38. The molecule has 8 heavy (non-hydrogen) atoms. The van der Waals surface area contributed by atoms with Crippen molar-refractivity contribution in [1.29, 1.82) is 0 Å². The molecule has 1 aromatic heterocycles. The molecule has 0 saturated carbocycles. The third-order valence-corrected chi connectivity index (χ3v) is 1.81. The van der Waals surface area contributed by atoms with Gasteiger partial charge in [0.15, 0.2) is 0 Å². The van der Waals surface area contributed by atoms with Crippen LogP contribution in [0, 0.1) is 0 Å². The summed E-state index contributed by atoms with van der Waals surface area (Å²) in [6.07, 6.45) is 1.84. The van der Waals surface area contributed by atoms with Crippen LogP contribution < -0.4 is 0 Å². The molecule has 1 aromatic rings. The van der Waals surface area contributed by atoms with Gasteiger partial charge in [0.1, 0.15) is 0 Å². The fourth-order valence-electron chi connectivity index (χ4n) is 0.607. The molecule has 0 aliphatic carbocycles. The Morgan fingerprint density at radius 3 is 2.75 bits per heavy atom. The van der Waals surface area contributed by atoms with E-state index >= 15 is 0 Å². The van der Waals surface area contributed by atoms with Crippen molar-refractivity contribution in [3.8, 4) is 0 Å². The van der Waals surface area contributed by atoms with Crippen molar-refractivity contribution in [2.75, 3.05) is 0 Å². The molecule has 0 N–H and O–H groups in total. The third-order valence-electron chi connectivity index (χ3n) is 1.09. The summed E-state index contributed by atoms with van der Waals surface area (Å²) >= 11 is 1.21. The normalized spacial score (nSPS) is 9.25. The zero-order valence-electron chi connectivity index (χ0n) is 4.96. The zero-order chi connectivity index (χ0) is 5.82. The Hall–Kier alpha value is 0.150. The van der Waals surface area contributed by atoms with Crippen molar-refractivity contribution in [3.63, 3.8) is 0 Å². The fourth-order valence-corrected chi connectivity index (χ4v) is 1.03. The van der Waals surface area contributed by atoms with Crippen LogP contribution in [0.1, 0.15) is 5.69 Å². The molecule has 0 aromatic carbocycles. The van der Waals surface area contributed by atoms with Crippen LogP contribution in [-0.2, 0) is 3.67 Å². The first-order valence-electron chi connectivity index (χ1n) is 2.83. The molecular formula is C6H6NNa. The third kappa shape index (κ3) is 1.58. The minimum atomic E-state index is 1.17. The molecule has 1 nitrogen and oxygen atoms in total. The van der Waals surface area contributed by atoms with Gasteiger partial charge in [-0.25, -0.2) is 0 Å². The Morgan fingerprint density at radius 2 is 2.38 bits per heavy atom. The topological polar surface area (TPSA) is 12.9 Å². The number of aromatic nitrogens is 1. The molecule has 0 saturated heterocycles. The Bertz CT molecular complexity index is 150. The minimum absolute atomic E-state index is 1.17. The van der Waals surface area contributed by atoms with Gasteiger partial charge in [-0.05, 0) is 0 Å². The summed E-state index contributed by atoms with van der Waals surface area (Å²) in [7, 11) is 0. The van der Waals surface area contributed by atoms with Crippen LogP contribution >= 0.6 is 0 Å². The molecule has 0 aliphatic rings. The van der Waals surface area contributed by atoms with E-state index in [4.69, 9.17) is 0 Å². The molecule has 0 amide bonds. The number of hydrogen-bond acceptors (Lipinski definition) is 1. The van der Waals surface area contributed by atoms with Gasteiger partial charge in [-0.15, -0.1) is 0 Å². The van der Waals surface area contributed by atoms with Crippen LogP contribution in [-0.4, -0.2) is 32.9 Å². The van der Waals surface area contributed by atoms with Crippen LogP contribution in [0.15, 0.2) is 24.4 Å². The summed E-state index contributed by atoms with van der Waals surface area (Å²) in [5.74, 6) is 0. The molecule has 0 unspecified atom stereocenters. The van der Waals surface area contributed by atoms with Crippen LogP contribution in [0.3, 0.4) is 0 Å². The van der Waals surface area contributed by atoms with Gasteiger partial charge >= 0.3 is 66.7 Å². The maximum absolute atomic E-state index is 4.13. The number of hydrogen-bond donors (Lipinski definition) is 0. The predicted molar refractivity (Wildman–Crippen MR) is 33.7 cm³/mol. The van der Waals surface area contributed by atoms with E-state index in [9.17, 15) is 0 Å². The second kappa shape index (κ2) is 3.23. The summed E-state index contributed by atoms with van der Waals surface area (Å²) in [4.78, 5) is 4.13. The Kier molecular flexibility index (Phi) is 2.53. The van der Waals surface area contributed by atoms with E-state index in [1.165, 1.54) is 37.3 Å². The summed E-state index contributed by atoms with van der Waals surface area (Å²) in [5, 5.41) is 0. The second-order valence-electron chi connectivity index (χ2n) is 1.67. The van der Waals surface area contributed by atoms with E-state index in [0.29, 0.717) is 0 Å². The summed E-state index contributed by atoms with van der Waals surface area (Å²) in [6.45, 7) is 0. The van der Waals surface area contributed by atoms with E-state index in [1.54, 1.807) is 0 Å². The van der Waals surface area contributed by atoms with E-state index < -0.39 is 0 Å². The number of rotatable bonds is 1. The van der Waals surface area contributed by atoms with E-state index in [1.807, 2.05) is 18.3 Å². The van der Waals surface area contributed by atoms with Crippen molar-refractivity contribution in [1.82, 2.24) is 4.98 Å². The Morgan fingerprint density at radius 1 is 1.50 bits per heavy atom. The summed E-state index contributed by atoms with van der Waals surface area (Å²) in [6, 6.07) is 6.04. The van der Waals surface area contributed by atoms with E-state index in [0.717, 1.165) is 0 Å². The standard InChI is InChI=1S/C6H6N.Na/c1-6-4-2-3-5-7-6;/h2-5H,1H2;. The molecule has 0 fully saturated rings. The summed E-state index contributed by atoms with van der Waals surface area (Å²) < 4.78 is 1.17. The molecule has 1 rings (SSSR count). The molecule has 0 radical (unpaired) electrons. The monoisotopic (exact) mass is 115 g/mol. The number of nitrogens with zero attached hydrogens (tertiary/aromatic N) is 1. The van der Waals surface area contributed by atoms with Gasteiger partial charge in [-0.3, -0.25) is 0 Å². The predicted octanol–water partition coefficient (Wildman–Crippen LogP) is 0.750. The van der Waals surface area contributed by atoms with Crippen LogP contribution in [0.25, 0.3) is 0 Å². The molecule has 0 aliphatic heterocycles. The Labute approximate surface area is 66.5 Å². The van der Waals surface area contributed by atoms with Crippen molar-refractivity contribution in [2.45, 2.75) is 3.67 Å². The van der Waals surface area contributed by atoms with E-state index in [-0.39, 0.29) is 0 Å². The Balaban J connectivity index is 2.83. The molecule has 0 bridgehead atoms. The molecule has 36 valence electrons. The first-order valence-corrected chi connectivity index (χ1v) is 4.25.